The number of rotatable bonds is 8. The quantitative estimate of drug-likeness (QED) is 0.436. The van der Waals surface area contributed by atoms with Crippen LogP contribution >= 0.6 is 0 Å². The average Bonchev–Trinajstić information content (AvgIpc) is 2.83. The number of hydrogen-bond acceptors (Lipinski definition) is 5. The van der Waals surface area contributed by atoms with Crippen LogP contribution < -0.4 is 5.32 Å². The summed E-state index contributed by atoms with van der Waals surface area (Å²) in [6.45, 7) is 0.673. The molecule has 0 radical (unpaired) electrons. The lowest BCUT2D eigenvalue weighted by atomic mass is 9.93. The van der Waals surface area contributed by atoms with Gasteiger partial charge < -0.3 is 10.4 Å². The van der Waals surface area contributed by atoms with Crippen molar-refractivity contribution in [2.24, 2.45) is 0 Å². The molecule has 154 valence electrons. The third kappa shape index (κ3) is 5.30. The van der Waals surface area contributed by atoms with Gasteiger partial charge >= 0.3 is 5.97 Å². The summed E-state index contributed by atoms with van der Waals surface area (Å²) in [4.78, 5) is 24.6. The molecule has 0 bridgehead atoms. The van der Waals surface area contributed by atoms with Crippen LogP contribution in [0.3, 0.4) is 0 Å². The highest BCUT2D eigenvalue weighted by atomic mass is 16.4. The van der Waals surface area contributed by atoms with Crippen LogP contribution in [0.2, 0.25) is 0 Å². The van der Waals surface area contributed by atoms with Gasteiger partial charge in [0.25, 0.3) is 0 Å². The molecular weight excluding hydrogens is 388 g/mol. The third-order valence-corrected chi connectivity index (χ3v) is 4.98. The van der Waals surface area contributed by atoms with Crippen LogP contribution in [0.15, 0.2) is 91.4 Å². The van der Waals surface area contributed by atoms with Gasteiger partial charge in [0.05, 0.1) is 12.1 Å². The summed E-state index contributed by atoms with van der Waals surface area (Å²) < 4.78 is 0. The number of carboxylic acids is 1. The first kappa shape index (κ1) is 20.2. The van der Waals surface area contributed by atoms with Gasteiger partial charge in [0.1, 0.15) is 5.82 Å². The number of carboxylic acid groups (broad SMARTS) is 1. The van der Waals surface area contributed by atoms with Gasteiger partial charge in [0.15, 0.2) is 0 Å². The summed E-state index contributed by atoms with van der Waals surface area (Å²) >= 11 is 0. The smallest absolute Gasteiger partial charge is 0.304 e. The van der Waals surface area contributed by atoms with E-state index in [4.69, 9.17) is 4.98 Å². The van der Waals surface area contributed by atoms with Crippen molar-refractivity contribution in [3.8, 4) is 11.3 Å². The first-order valence-corrected chi connectivity index (χ1v) is 10.0. The lowest BCUT2D eigenvalue weighted by molar-refractivity contribution is -0.137. The zero-order valence-electron chi connectivity index (χ0n) is 16.8. The fraction of sp³-hybridized carbons (Fsp3) is 0.120. The zero-order valence-corrected chi connectivity index (χ0v) is 16.8. The van der Waals surface area contributed by atoms with Crippen molar-refractivity contribution >= 4 is 11.8 Å². The van der Waals surface area contributed by atoms with E-state index in [-0.39, 0.29) is 12.3 Å². The summed E-state index contributed by atoms with van der Waals surface area (Å²) in [7, 11) is 0. The first-order chi connectivity index (χ1) is 15.2. The normalized spacial score (nSPS) is 11.6. The predicted molar refractivity (Wildman–Crippen MR) is 120 cm³/mol. The van der Waals surface area contributed by atoms with Gasteiger partial charge in [-0.1, -0.05) is 42.5 Å². The molecule has 0 saturated carbocycles. The Morgan fingerprint density at radius 2 is 1.81 bits per heavy atom. The molecule has 1 aromatic carbocycles. The Morgan fingerprint density at radius 3 is 2.52 bits per heavy atom. The number of aliphatic carboxylic acids is 1. The Hall–Kier alpha value is -4.06. The van der Waals surface area contributed by atoms with Gasteiger partial charge in [-0.25, -0.2) is 4.98 Å². The summed E-state index contributed by atoms with van der Waals surface area (Å²) in [5.41, 5.74) is 4.47. The minimum atomic E-state index is -0.870. The Kier molecular flexibility index (Phi) is 6.28. The highest BCUT2D eigenvalue weighted by molar-refractivity contribution is 5.69. The molecule has 31 heavy (non-hydrogen) atoms. The van der Waals surface area contributed by atoms with Crippen molar-refractivity contribution < 1.29 is 9.90 Å². The van der Waals surface area contributed by atoms with Gasteiger partial charge in [-0.15, -0.1) is 0 Å². The molecule has 1 unspecified atom stereocenters. The van der Waals surface area contributed by atoms with Crippen molar-refractivity contribution in [1.82, 2.24) is 15.0 Å². The third-order valence-electron chi connectivity index (χ3n) is 4.98. The van der Waals surface area contributed by atoms with Gasteiger partial charge in [0.2, 0.25) is 0 Å². The number of carbonyl (C=O) groups is 1. The maximum atomic E-state index is 11.5. The van der Waals surface area contributed by atoms with Gasteiger partial charge in [-0.2, -0.15) is 0 Å². The van der Waals surface area contributed by atoms with Crippen molar-refractivity contribution in [1.29, 1.82) is 0 Å². The molecule has 0 saturated heterocycles. The minimum absolute atomic E-state index is 0.0414. The van der Waals surface area contributed by atoms with Crippen LogP contribution in [0.5, 0.6) is 0 Å². The molecule has 0 aliphatic carbocycles. The standard InChI is InChI=1S/C25H22N4O2/c30-25(31)15-21(20-5-4-13-26-17-20)23-7-3-6-22(29-23)19-11-9-18(10-12-19)16-28-24-8-1-2-14-27-24/h1-14,17,21H,15-16H2,(H,27,28)(H,30,31). The van der Waals surface area contributed by atoms with E-state index in [1.165, 1.54) is 0 Å². The lowest BCUT2D eigenvalue weighted by Gasteiger charge is -2.15. The fourth-order valence-electron chi connectivity index (χ4n) is 3.41. The number of aromatic nitrogens is 3. The Morgan fingerprint density at radius 1 is 0.935 bits per heavy atom. The second-order valence-electron chi connectivity index (χ2n) is 7.15. The van der Waals surface area contributed by atoms with Crippen molar-refractivity contribution in [2.75, 3.05) is 5.32 Å². The highest BCUT2D eigenvalue weighted by Gasteiger charge is 2.20. The summed E-state index contributed by atoms with van der Waals surface area (Å²) in [6.07, 6.45) is 5.09. The molecule has 1 atom stereocenters. The Bertz CT molecular complexity index is 1130. The predicted octanol–water partition coefficient (Wildman–Crippen LogP) is 4.76. The maximum absolute atomic E-state index is 11.5. The largest absolute Gasteiger partial charge is 0.481 e. The molecule has 6 nitrogen and oxygen atoms in total. The van der Waals surface area contributed by atoms with Gasteiger partial charge in [-0.05, 0) is 41.5 Å². The van der Waals surface area contributed by atoms with Crippen LogP contribution in [-0.2, 0) is 11.3 Å². The molecule has 0 spiro atoms. The molecule has 3 aromatic heterocycles. The van der Waals surface area contributed by atoms with Crippen LogP contribution in [0.1, 0.15) is 29.2 Å². The zero-order chi connectivity index (χ0) is 21.5. The van der Waals surface area contributed by atoms with E-state index in [1.807, 2.05) is 60.7 Å². The monoisotopic (exact) mass is 410 g/mol. The second kappa shape index (κ2) is 9.63. The number of hydrogen-bond donors (Lipinski definition) is 2. The molecule has 4 rings (SSSR count). The molecule has 3 heterocycles. The molecule has 0 amide bonds. The molecular formula is C25H22N4O2. The van der Waals surface area contributed by atoms with Crippen molar-refractivity contribution in [2.45, 2.75) is 18.9 Å². The van der Waals surface area contributed by atoms with E-state index < -0.39 is 5.97 Å². The van der Waals surface area contributed by atoms with E-state index in [9.17, 15) is 9.90 Å². The van der Waals surface area contributed by atoms with E-state index >= 15 is 0 Å². The molecule has 0 aliphatic heterocycles. The first-order valence-electron chi connectivity index (χ1n) is 10.0. The van der Waals surface area contributed by atoms with E-state index in [0.29, 0.717) is 12.2 Å². The van der Waals surface area contributed by atoms with Crippen molar-refractivity contribution in [3.63, 3.8) is 0 Å². The average molecular weight is 410 g/mol. The molecule has 0 aliphatic rings. The Labute approximate surface area is 180 Å². The number of nitrogens with zero attached hydrogens (tertiary/aromatic N) is 3. The molecule has 4 aromatic rings. The number of benzene rings is 1. The fourth-order valence-corrected chi connectivity index (χ4v) is 3.41. The van der Waals surface area contributed by atoms with Crippen LogP contribution in [0.25, 0.3) is 11.3 Å². The number of pyridine rings is 3. The topological polar surface area (TPSA) is 88.0 Å². The van der Waals surface area contributed by atoms with Crippen LogP contribution in [-0.4, -0.2) is 26.0 Å². The lowest BCUT2D eigenvalue weighted by Crippen LogP contribution is -2.10. The molecule has 2 N–H and O–H groups in total. The summed E-state index contributed by atoms with van der Waals surface area (Å²) in [6, 6.07) is 23.3. The number of anilines is 1. The highest BCUT2D eigenvalue weighted by Crippen LogP contribution is 2.28. The summed E-state index contributed by atoms with van der Waals surface area (Å²) in [5.74, 6) is -0.389. The van der Waals surface area contributed by atoms with Crippen molar-refractivity contribution in [3.05, 3.63) is 108 Å². The van der Waals surface area contributed by atoms with E-state index in [0.717, 1.165) is 28.2 Å². The SMILES string of the molecule is O=C(O)CC(c1cccnc1)c1cccc(-c2ccc(CNc3ccccn3)cc2)n1. The maximum Gasteiger partial charge on any atom is 0.304 e. The van der Waals surface area contributed by atoms with Crippen LogP contribution in [0.4, 0.5) is 5.82 Å². The number of nitrogens with one attached hydrogen (secondary N) is 1. The van der Waals surface area contributed by atoms with Gasteiger partial charge in [-0.3, -0.25) is 14.8 Å². The van der Waals surface area contributed by atoms with Gasteiger partial charge in [0, 0.05) is 42.3 Å². The summed E-state index contributed by atoms with van der Waals surface area (Å²) in [5, 5.41) is 12.7. The van der Waals surface area contributed by atoms with E-state index in [1.54, 1.807) is 18.6 Å². The second-order valence-corrected chi connectivity index (χ2v) is 7.15. The Balaban J connectivity index is 1.53. The minimum Gasteiger partial charge on any atom is -0.481 e. The van der Waals surface area contributed by atoms with Crippen LogP contribution in [0, 0.1) is 0 Å². The molecule has 6 heteroatoms. The molecule has 0 fully saturated rings. The van der Waals surface area contributed by atoms with E-state index in [2.05, 4.69) is 27.4 Å².